The number of hydrogen-bond acceptors (Lipinski definition) is 5. The minimum absolute atomic E-state index is 0.274. The lowest BCUT2D eigenvalue weighted by Gasteiger charge is -2.14. The molecular weight excluding hydrogens is 452 g/mol. The molecule has 1 atom stereocenters. The molecule has 0 aromatic heterocycles. The molecular formula is C31H32O5. The highest BCUT2D eigenvalue weighted by Crippen LogP contribution is 2.11. The van der Waals surface area contributed by atoms with Crippen molar-refractivity contribution in [2.45, 2.75) is 84.2 Å². The van der Waals surface area contributed by atoms with Crippen molar-refractivity contribution >= 4 is 11.9 Å². The summed E-state index contributed by atoms with van der Waals surface area (Å²) < 4.78 is 10.0. The van der Waals surface area contributed by atoms with Crippen molar-refractivity contribution in [1.82, 2.24) is 0 Å². The fourth-order valence-corrected chi connectivity index (χ4v) is 2.61. The van der Waals surface area contributed by atoms with E-state index < -0.39 is 24.6 Å². The zero-order chi connectivity index (χ0) is 26.5. The van der Waals surface area contributed by atoms with Gasteiger partial charge in [-0.3, -0.25) is 4.79 Å². The molecule has 0 aliphatic rings. The van der Waals surface area contributed by atoms with E-state index in [1.807, 2.05) is 0 Å². The van der Waals surface area contributed by atoms with Crippen LogP contribution in [0.5, 0.6) is 0 Å². The second kappa shape index (κ2) is 25.4. The number of rotatable bonds is 14. The summed E-state index contributed by atoms with van der Waals surface area (Å²) in [5.74, 6) is 32.9. The molecule has 186 valence electrons. The Labute approximate surface area is 216 Å². The molecule has 5 nitrogen and oxygen atoms in total. The molecule has 0 amide bonds. The molecule has 0 saturated heterocycles. The van der Waals surface area contributed by atoms with Gasteiger partial charge >= 0.3 is 11.9 Å². The molecule has 0 rings (SSSR count). The second-order valence-electron chi connectivity index (χ2n) is 7.35. The first-order valence-corrected chi connectivity index (χ1v) is 12.0. The van der Waals surface area contributed by atoms with Crippen LogP contribution in [0.2, 0.25) is 0 Å². The highest BCUT2D eigenvalue weighted by Gasteiger charge is 2.15. The molecule has 0 aliphatic heterocycles. The number of esters is 2. The molecule has 0 spiro atoms. The van der Waals surface area contributed by atoms with Gasteiger partial charge in [-0.15, -0.1) is 0 Å². The maximum atomic E-state index is 11.9. The average Bonchev–Trinajstić information content (AvgIpc) is 2.88. The molecule has 0 aromatic rings. The molecule has 0 aromatic carbocycles. The highest BCUT2D eigenvalue weighted by atomic mass is 16.6. The highest BCUT2D eigenvalue weighted by molar-refractivity contribution is 5.89. The van der Waals surface area contributed by atoms with Gasteiger partial charge in [-0.05, 0) is 84.4 Å². The summed E-state index contributed by atoms with van der Waals surface area (Å²) in [4.78, 5) is 23.5. The zero-order valence-corrected chi connectivity index (χ0v) is 21.1. The Hall–Kier alpha value is -4.18. The summed E-state index contributed by atoms with van der Waals surface area (Å²) in [6, 6.07) is 0. The summed E-state index contributed by atoms with van der Waals surface area (Å²) in [6.07, 6.45) is 9.68. The van der Waals surface area contributed by atoms with Crippen LogP contribution in [0.1, 0.15) is 78.1 Å². The average molecular weight is 485 g/mol. The Morgan fingerprint density at radius 2 is 1.17 bits per heavy atom. The Morgan fingerprint density at radius 1 is 0.694 bits per heavy atom. The topological polar surface area (TPSA) is 72.8 Å². The fraction of sp³-hybridized carbons (Fsp3) is 0.484. The third kappa shape index (κ3) is 23.0. The predicted octanol–water partition coefficient (Wildman–Crippen LogP) is 3.40. The van der Waals surface area contributed by atoms with E-state index in [0.717, 1.165) is 19.3 Å². The molecule has 1 N–H and O–H groups in total. The van der Waals surface area contributed by atoms with Crippen molar-refractivity contribution in [3.8, 4) is 82.9 Å². The van der Waals surface area contributed by atoms with Gasteiger partial charge in [0, 0.05) is 12.3 Å². The normalized spacial score (nSPS) is 8.86. The number of hydrogen-bond donors (Lipinski definition) is 1. The van der Waals surface area contributed by atoms with Crippen LogP contribution in [0.25, 0.3) is 0 Å². The van der Waals surface area contributed by atoms with E-state index in [1.54, 1.807) is 6.92 Å². The van der Waals surface area contributed by atoms with Crippen molar-refractivity contribution in [2.75, 3.05) is 13.2 Å². The van der Waals surface area contributed by atoms with Gasteiger partial charge in [0.15, 0.2) is 6.10 Å². The smallest absolute Gasteiger partial charge is 0.385 e. The standard InChI is InChI=1S/C31H32O5/c1-3-5-7-9-11-13-14-15-16-18-19-21-23-25-30(33)35-28-29(27-32)36-31(34)26-24-22-20-17-12-10-8-6-4-2/h29,32H,4,6,8,10,12,17,20,22,24,26-28H2,1-2H3/t29-/m0/s1. The zero-order valence-electron chi connectivity index (χ0n) is 21.1. The van der Waals surface area contributed by atoms with Crippen LogP contribution in [-0.4, -0.2) is 36.4 Å². The lowest BCUT2D eigenvalue weighted by atomic mass is 10.1. The van der Waals surface area contributed by atoms with Crippen LogP contribution in [0.3, 0.4) is 0 Å². The summed E-state index contributed by atoms with van der Waals surface area (Å²) in [6.45, 7) is 3.14. The second-order valence-corrected chi connectivity index (χ2v) is 7.35. The van der Waals surface area contributed by atoms with E-state index in [1.165, 1.54) is 38.5 Å². The first kappa shape index (κ1) is 31.8. The Balaban J connectivity index is 4.15. The minimum Gasteiger partial charge on any atom is -0.456 e. The van der Waals surface area contributed by atoms with E-state index >= 15 is 0 Å². The van der Waals surface area contributed by atoms with Crippen molar-refractivity contribution in [3.63, 3.8) is 0 Å². The first-order chi connectivity index (χ1) is 17.6. The van der Waals surface area contributed by atoms with E-state index in [2.05, 4.69) is 89.8 Å². The summed E-state index contributed by atoms with van der Waals surface area (Å²) in [5, 5.41) is 9.34. The maximum Gasteiger partial charge on any atom is 0.385 e. The van der Waals surface area contributed by atoms with Crippen molar-refractivity contribution in [2.24, 2.45) is 0 Å². The van der Waals surface area contributed by atoms with Crippen LogP contribution in [0.15, 0.2) is 0 Å². The molecule has 0 saturated carbocycles. The minimum atomic E-state index is -0.925. The number of aliphatic hydroxyl groups excluding tert-OH is 1. The van der Waals surface area contributed by atoms with Crippen LogP contribution in [0, 0.1) is 82.9 Å². The third-order valence-corrected chi connectivity index (χ3v) is 4.36. The number of aliphatic hydroxyl groups is 1. The molecule has 0 heterocycles. The van der Waals surface area contributed by atoms with E-state index in [-0.39, 0.29) is 13.0 Å². The molecule has 5 heteroatoms. The fourth-order valence-electron chi connectivity index (χ4n) is 2.61. The molecule has 0 radical (unpaired) electrons. The van der Waals surface area contributed by atoms with Crippen molar-refractivity contribution < 1.29 is 24.2 Å². The number of carbonyl (C=O) groups excluding carboxylic acids is 2. The van der Waals surface area contributed by atoms with Gasteiger partial charge in [-0.1, -0.05) is 64.2 Å². The number of ether oxygens (including phenoxy) is 2. The van der Waals surface area contributed by atoms with Gasteiger partial charge in [0.05, 0.1) is 6.61 Å². The summed E-state index contributed by atoms with van der Waals surface area (Å²) in [7, 11) is 0. The van der Waals surface area contributed by atoms with Gasteiger partial charge in [0.25, 0.3) is 0 Å². The molecule has 0 bridgehead atoms. The summed E-state index contributed by atoms with van der Waals surface area (Å²) in [5.41, 5.74) is 0. The molecule has 36 heavy (non-hydrogen) atoms. The Bertz CT molecular complexity index is 1110. The predicted molar refractivity (Wildman–Crippen MR) is 140 cm³/mol. The van der Waals surface area contributed by atoms with Crippen LogP contribution in [-0.2, 0) is 19.1 Å². The Morgan fingerprint density at radius 3 is 1.67 bits per heavy atom. The van der Waals surface area contributed by atoms with E-state index in [0.29, 0.717) is 0 Å². The van der Waals surface area contributed by atoms with Gasteiger partial charge in [-0.25, -0.2) is 4.79 Å². The van der Waals surface area contributed by atoms with Crippen molar-refractivity contribution in [1.29, 1.82) is 0 Å². The summed E-state index contributed by atoms with van der Waals surface area (Å²) >= 11 is 0. The van der Waals surface area contributed by atoms with E-state index in [9.17, 15) is 14.7 Å². The third-order valence-electron chi connectivity index (χ3n) is 4.36. The first-order valence-electron chi connectivity index (χ1n) is 12.0. The number of unbranched alkanes of at least 4 members (excludes halogenated alkanes) is 8. The number of carbonyl (C=O) groups is 2. The SMILES string of the molecule is CC#CC#CC#CC#CC#CC#CC#CC(=O)OC[C@H](CO)OC(=O)CCCCCCCCCCC. The van der Waals surface area contributed by atoms with Gasteiger partial charge in [-0.2, -0.15) is 0 Å². The Kier molecular flexibility index (Phi) is 22.5. The lowest BCUT2D eigenvalue weighted by molar-refractivity contribution is -0.159. The van der Waals surface area contributed by atoms with E-state index in [4.69, 9.17) is 9.47 Å². The van der Waals surface area contributed by atoms with Crippen molar-refractivity contribution in [3.05, 3.63) is 0 Å². The van der Waals surface area contributed by atoms with Crippen LogP contribution in [0.4, 0.5) is 0 Å². The van der Waals surface area contributed by atoms with Gasteiger partial charge in [0.2, 0.25) is 0 Å². The maximum absolute atomic E-state index is 11.9. The molecule has 0 fully saturated rings. The monoisotopic (exact) mass is 484 g/mol. The van der Waals surface area contributed by atoms with Gasteiger partial charge in [0.1, 0.15) is 6.61 Å². The van der Waals surface area contributed by atoms with Gasteiger partial charge < -0.3 is 14.6 Å². The van der Waals surface area contributed by atoms with Crippen LogP contribution >= 0.6 is 0 Å². The van der Waals surface area contributed by atoms with Crippen LogP contribution < -0.4 is 0 Å². The largest absolute Gasteiger partial charge is 0.456 e. The molecule has 0 aliphatic carbocycles. The molecule has 0 unspecified atom stereocenters. The lowest BCUT2D eigenvalue weighted by Crippen LogP contribution is -2.28. The quantitative estimate of drug-likeness (QED) is 0.177.